The van der Waals surface area contributed by atoms with Crippen LogP contribution in [0.3, 0.4) is 0 Å². The molecular formula is C20H23NO5. The zero-order valence-corrected chi connectivity index (χ0v) is 15.2. The highest BCUT2D eigenvalue weighted by Crippen LogP contribution is 2.16. The molecule has 0 radical (unpaired) electrons. The molecule has 6 heteroatoms. The molecule has 0 aliphatic rings. The fourth-order valence-electron chi connectivity index (χ4n) is 2.19. The van der Waals surface area contributed by atoms with Crippen molar-refractivity contribution in [2.24, 2.45) is 0 Å². The minimum Gasteiger partial charge on any atom is -0.494 e. The van der Waals surface area contributed by atoms with Crippen molar-refractivity contribution >= 4 is 17.6 Å². The lowest BCUT2D eigenvalue weighted by molar-refractivity contribution is -0.153. The van der Waals surface area contributed by atoms with Gasteiger partial charge in [-0.25, -0.2) is 4.79 Å². The Morgan fingerprint density at radius 1 is 1.08 bits per heavy atom. The van der Waals surface area contributed by atoms with Gasteiger partial charge < -0.3 is 19.5 Å². The molecule has 0 fully saturated rings. The number of benzene rings is 2. The Kier molecular flexibility index (Phi) is 7.02. The second kappa shape index (κ2) is 9.46. The molecule has 0 saturated heterocycles. The van der Waals surface area contributed by atoms with Gasteiger partial charge in [0, 0.05) is 5.69 Å². The normalized spacial score (nSPS) is 11.3. The number of anilines is 1. The molecule has 0 spiro atoms. The van der Waals surface area contributed by atoms with Gasteiger partial charge in [-0.05, 0) is 62.7 Å². The maximum Gasteiger partial charge on any atom is 0.347 e. The summed E-state index contributed by atoms with van der Waals surface area (Å²) < 4.78 is 15.9. The van der Waals surface area contributed by atoms with Crippen LogP contribution >= 0.6 is 0 Å². The van der Waals surface area contributed by atoms with Gasteiger partial charge in [0.2, 0.25) is 0 Å². The average Bonchev–Trinajstić information content (AvgIpc) is 2.61. The molecular weight excluding hydrogens is 334 g/mol. The van der Waals surface area contributed by atoms with Crippen LogP contribution in [0.1, 0.15) is 19.4 Å². The van der Waals surface area contributed by atoms with Gasteiger partial charge in [0.15, 0.2) is 12.7 Å². The molecule has 1 atom stereocenters. The highest BCUT2D eigenvalue weighted by molar-refractivity contribution is 5.93. The summed E-state index contributed by atoms with van der Waals surface area (Å²) in [6, 6.07) is 14.3. The fraction of sp³-hybridized carbons (Fsp3) is 0.300. The highest BCUT2D eigenvalue weighted by atomic mass is 16.6. The summed E-state index contributed by atoms with van der Waals surface area (Å²) in [5.74, 6) is 0.269. The smallest absolute Gasteiger partial charge is 0.347 e. The summed E-state index contributed by atoms with van der Waals surface area (Å²) in [7, 11) is 0. The van der Waals surface area contributed by atoms with E-state index in [0.717, 1.165) is 11.3 Å². The van der Waals surface area contributed by atoms with Crippen LogP contribution in [0.4, 0.5) is 5.69 Å². The van der Waals surface area contributed by atoms with Gasteiger partial charge in [-0.1, -0.05) is 12.1 Å². The molecule has 0 bridgehead atoms. The molecule has 0 aliphatic heterocycles. The van der Waals surface area contributed by atoms with E-state index >= 15 is 0 Å². The number of hydrogen-bond donors (Lipinski definition) is 1. The number of amides is 1. The second-order valence-electron chi connectivity index (χ2n) is 5.69. The monoisotopic (exact) mass is 357 g/mol. The number of aryl methyl sites for hydroxylation is 1. The molecule has 1 amide bonds. The predicted molar refractivity (Wildman–Crippen MR) is 98.5 cm³/mol. The van der Waals surface area contributed by atoms with E-state index in [0.29, 0.717) is 18.0 Å². The van der Waals surface area contributed by atoms with E-state index in [4.69, 9.17) is 14.2 Å². The molecule has 138 valence electrons. The Morgan fingerprint density at radius 2 is 1.81 bits per heavy atom. The lowest BCUT2D eigenvalue weighted by Gasteiger charge is -2.14. The van der Waals surface area contributed by atoms with Gasteiger partial charge in [-0.2, -0.15) is 0 Å². The molecule has 2 aromatic rings. The van der Waals surface area contributed by atoms with E-state index in [1.165, 1.54) is 0 Å². The molecule has 2 aromatic carbocycles. The van der Waals surface area contributed by atoms with E-state index in [-0.39, 0.29) is 6.61 Å². The van der Waals surface area contributed by atoms with Crippen molar-refractivity contribution in [3.8, 4) is 11.5 Å². The average molecular weight is 357 g/mol. The summed E-state index contributed by atoms with van der Waals surface area (Å²) in [5, 5.41) is 2.65. The Labute approximate surface area is 153 Å². The number of carbonyl (C=O) groups is 2. The Balaban J connectivity index is 1.77. The maximum absolute atomic E-state index is 12.0. The number of ether oxygens (including phenoxy) is 3. The predicted octanol–water partition coefficient (Wildman–Crippen LogP) is 3.34. The molecule has 0 saturated carbocycles. The summed E-state index contributed by atoms with van der Waals surface area (Å²) in [5.41, 5.74) is 1.62. The lowest BCUT2D eigenvalue weighted by atomic mass is 10.2. The van der Waals surface area contributed by atoms with E-state index in [2.05, 4.69) is 5.32 Å². The molecule has 2 rings (SSSR count). The highest BCUT2D eigenvalue weighted by Gasteiger charge is 2.18. The van der Waals surface area contributed by atoms with Gasteiger partial charge in [0.25, 0.3) is 5.91 Å². The zero-order chi connectivity index (χ0) is 18.9. The van der Waals surface area contributed by atoms with Gasteiger partial charge >= 0.3 is 5.97 Å². The van der Waals surface area contributed by atoms with Crippen molar-refractivity contribution in [1.82, 2.24) is 0 Å². The second-order valence-corrected chi connectivity index (χ2v) is 5.69. The molecule has 1 N–H and O–H groups in total. The third kappa shape index (κ3) is 6.12. The number of nitrogens with one attached hydrogen (secondary N) is 1. The quantitative estimate of drug-likeness (QED) is 0.734. The number of rotatable bonds is 8. The van der Waals surface area contributed by atoms with Crippen molar-refractivity contribution in [2.75, 3.05) is 18.5 Å². The van der Waals surface area contributed by atoms with Gasteiger partial charge in [0.1, 0.15) is 11.5 Å². The first-order valence-electron chi connectivity index (χ1n) is 8.40. The molecule has 0 unspecified atom stereocenters. The van der Waals surface area contributed by atoms with E-state index < -0.39 is 18.0 Å². The van der Waals surface area contributed by atoms with Crippen LogP contribution < -0.4 is 14.8 Å². The topological polar surface area (TPSA) is 73.9 Å². The van der Waals surface area contributed by atoms with Crippen LogP contribution in [0.15, 0.2) is 48.5 Å². The molecule has 0 aromatic heterocycles. The minimum absolute atomic E-state index is 0.381. The number of hydrogen-bond acceptors (Lipinski definition) is 5. The molecule has 6 nitrogen and oxygen atoms in total. The minimum atomic E-state index is -0.810. The van der Waals surface area contributed by atoms with Crippen molar-refractivity contribution in [3.05, 3.63) is 54.1 Å². The summed E-state index contributed by atoms with van der Waals surface area (Å²) >= 11 is 0. The van der Waals surface area contributed by atoms with Crippen molar-refractivity contribution in [2.45, 2.75) is 26.9 Å². The molecule has 26 heavy (non-hydrogen) atoms. The third-order valence-corrected chi connectivity index (χ3v) is 3.43. The van der Waals surface area contributed by atoms with E-state index in [9.17, 15) is 9.59 Å². The van der Waals surface area contributed by atoms with Crippen LogP contribution in [-0.2, 0) is 14.3 Å². The summed E-state index contributed by atoms with van der Waals surface area (Å²) in [6.45, 7) is 5.60. The largest absolute Gasteiger partial charge is 0.494 e. The van der Waals surface area contributed by atoms with Gasteiger partial charge in [-0.3, -0.25) is 4.79 Å². The zero-order valence-electron chi connectivity index (χ0n) is 15.2. The molecule has 0 heterocycles. The summed E-state index contributed by atoms with van der Waals surface area (Å²) in [4.78, 5) is 23.9. The first-order valence-corrected chi connectivity index (χ1v) is 8.40. The Bertz CT molecular complexity index is 742. The third-order valence-electron chi connectivity index (χ3n) is 3.43. The van der Waals surface area contributed by atoms with E-state index in [1.54, 1.807) is 37.3 Å². The first kappa shape index (κ1) is 19.3. The van der Waals surface area contributed by atoms with Crippen LogP contribution in [-0.4, -0.2) is 31.2 Å². The van der Waals surface area contributed by atoms with Gasteiger partial charge in [-0.15, -0.1) is 0 Å². The van der Waals surface area contributed by atoms with Crippen molar-refractivity contribution in [1.29, 1.82) is 0 Å². The van der Waals surface area contributed by atoms with Crippen LogP contribution in [0.2, 0.25) is 0 Å². The van der Waals surface area contributed by atoms with Crippen LogP contribution in [0.5, 0.6) is 11.5 Å². The number of esters is 1. The molecule has 0 aliphatic carbocycles. The maximum atomic E-state index is 12.0. The lowest BCUT2D eigenvalue weighted by Crippen LogP contribution is -2.29. The van der Waals surface area contributed by atoms with Crippen LogP contribution in [0.25, 0.3) is 0 Å². The van der Waals surface area contributed by atoms with E-state index in [1.807, 2.05) is 32.0 Å². The summed E-state index contributed by atoms with van der Waals surface area (Å²) in [6.07, 6.45) is -0.810. The SMILES string of the molecule is CCOc1ccc(NC(=O)COC(=O)[C@H](C)Oc2cccc(C)c2)cc1. The Morgan fingerprint density at radius 3 is 2.46 bits per heavy atom. The fourth-order valence-corrected chi connectivity index (χ4v) is 2.19. The number of carbonyl (C=O) groups excluding carboxylic acids is 2. The van der Waals surface area contributed by atoms with Crippen LogP contribution in [0, 0.1) is 6.92 Å². The first-order chi connectivity index (χ1) is 12.5. The van der Waals surface area contributed by atoms with Crippen molar-refractivity contribution in [3.63, 3.8) is 0 Å². The van der Waals surface area contributed by atoms with Crippen molar-refractivity contribution < 1.29 is 23.8 Å². The van der Waals surface area contributed by atoms with Gasteiger partial charge in [0.05, 0.1) is 6.61 Å². The Hall–Kier alpha value is -3.02. The standard InChI is InChI=1S/C20H23NO5/c1-4-24-17-10-8-16(9-11-17)21-19(22)13-25-20(23)15(3)26-18-7-5-6-14(2)12-18/h5-12,15H,4,13H2,1-3H3,(H,21,22)/t15-/m0/s1.